The van der Waals surface area contributed by atoms with Crippen LogP contribution in [0.1, 0.15) is 101 Å². The summed E-state index contributed by atoms with van der Waals surface area (Å²) < 4.78 is 70.0. The van der Waals surface area contributed by atoms with Gasteiger partial charge in [-0.3, -0.25) is 0 Å². The normalized spacial score (nSPS) is 16.9. The van der Waals surface area contributed by atoms with Crippen LogP contribution in [0.15, 0.2) is 67.4 Å². The van der Waals surface area contributed by atoms with Crippen LogP contribution in [-0.4, -0.2) is 66.9 Å². The van der Waals surface area contributed by atoms with Gasteiger partial charge in [0.05, 0.1) is 50.3 Å². The van der Waals surface area contributed by atoms with Crippen LogP contribution in [0, 0.1) is 51.4 Å². The third-order valence-electron chi connectivity index (χ3n) is 12.8. The van der Waals surface area contributed by atoms with Crippen molar-refractivity contribution in [2.24, 2.45) is 23.7 Å². The van der Waals surface area contributed by atoms with Crippen molar-refractivity contribution >= 4 is 53.1 Å². The number of aliphatic hydroxyl groups excluding tert-OH is 1. The van der Waals surface area contributed by atoms with Crippen LogP contribution in [0.5, 0.6) is 5.88 Å². The average molecular weight is 942 g/mol. The molecule has 6 aromatic rings. The first-order chi connectivity index (χ1) is 30.2. The van der Waals surface area contributed by atoms with E-state index in [4.69, 9.17) is 30.5 Å². The fraction of sp³-hybridized carbons (Fsp3) is 0.500. The molecule has 4 fully saturated rings. The number of ether oxygens (including phenoxy) is 1. The molecule has 10 rings (SSSR count). The zero-order valence-corrected chi connectivity index (χ0v) is 41.9. The van der Waals surface area contributed by atoms with Gasteiger partial charge in [-0.15, -0.1) is 0 Å². The molecule has 0 atom stereocenters. The van der Waals surface area contributed by atoms with Gasteiger partial charge in [-0.1, -0.05) is 47.6 Å². The predicted molar refractivity (Wildman–Crippen MR) is 246 cm³/mol. The molecule has 12 nitrogen and oxygen atoms in total. The molecular weight excluding hydrogens is 883 g/mol. The van der Waals surface area contributed by atoms with E-state index in [1.807, 2.05) is 45.9 Å². The van der Waals surface area contributed by atoms with E-state index in [1.54, 1.807) is 30.3 Å². The molecule has 4 saturated carbocycles. The molecule has 2 aromatic carbocycles. The van der Waals surface area contributed by atoms with Crippen LogP contribution < -0.4 is 34.3 Å². The Morgan fingerprint density at radius 2 is 1.09 bits per heavy atom. The molecule has 4 aliphatic rings. The van der Waals surface area contributed by atoms with E-state index in [0.29, 0.717) is 84.9 Å². The number of pyridine rings is 2. The number of aromatic nitrogens is 4. The van der Waals surface area contributed by atoms with Crippen LogP contribution >= 0.6 is 11.6 Å². The molecule has 338 valence electrons. The van der Waals surface area contributed by atoms with Crippen molar-refractivity contribution in [2.45, 2.75) is 115 Å². The maximum Gasteiger partial charge on any atom is 1.00 e. The minimum Gasteiger partial charge on any atom is -1.00 e. The Bertz CT molecular complexity index is 2800. The molecule has 1 N–H and O–H groups in total. The second-order valence-corrected chi connectivity index (χ2v) is 22.4. The van der Waals surface area contributed by atoms with Crippen LogP contribution in [0.25, 0.3) is 44.1 Å². The number of rotatable bonds is 12. The Kier molecular flexibility index (Phi) is 15.7. The Balaban J connectivity index is 0.000000190. The minimum absolute atomic E-state index is 0. The Labute approximate surface area is 404 Å². The number of aryl methyl sites for hydroxylation is 4. The predicted octanol–water partition coefficient (Wildman–Crippen LogP) is 7.89. The first kappa shape index (κ1) is 48.6. The molecule has 16 heteroatoms. The summed E-state index contributed by atoms with van der Waals surface area (Å²) >= 11 is 6.07. The number of halogens is 1. The molecule has 0 bridgehead atoms. The molecular formula is C48H58ClN4NaO8S2. The average Bonchev–Trinajstić information content (AvgIpc) is 4.08. The van der Waals surface area contributed by atoms with Crippen molar-refractivity contribution in [1.82, 2.24) is 20.3 Å². The van der Waals surface area contributed by atoms with Crippen molar-refractivity contribution in [1.29, 1.82) is 0 Å². The minimum atomic E-state index is -3.47. The summed E-state index contributed by atoms with van der Waals surface area (Å²) in [6.45, 7) is 8.45. The van der Waals surface area contributed by atoms with Crippen LogP contribution in [0.4, 0.5) is 0 Å². The summed E-state index contributed by atoms with van der Waals surface area (Å²) in [5.74, 6) is 3.98. The molecule has 4 aliphatic carbocycles. The van der Waals surface area contributed by atoms with E-state index in [0.717, 1.165) is 79.3 Å². The van der Waals surface area contributed by atoms with Crippen molar-refractivity contribution < 1.29 is 66.7 Å². The van der Waals surface area contributed by atoms with E-state index in [9.17, 15) is 16.8 Å². The summed E-state index contributed by atoms with van der Waals surface area (Å²) in [7, 11) is -6.93. The second kappa shape index (κ2) is 20.7. The van der Waals surface area contributed by atoms with Crippen molar-refractivity contribution in [2.75, 3.05) is 24.7 Å². The first-order valence-corrected chi connectivity index (χ1v) is 26.0. The van der Waals surface area contributed by atoms with Gasteiger partial charge in [0, 0.05) is 34.6 Å². The van der Waals surface area contributed by atoms with E-state index in [1.165, 1.54) is 25.7 Å². The van der Waals surface area contributed by atoms with Crippen LogP contribution in [-0.2, 0) is 19.7 Å². The van der Waals surface area contributed by atoms with Crippen LogP contribution in [0.3, 0.4) is 0 Å². The Morgan fingerprint density at radius 3 is 1.50 bits per heavy atom. The SMILES string of the molecule is Cc1noc(C)c1-c1cc(S(=O)(=O)CC2CCCC2)c2ccc(Cl)nc2c1.Cc1noc(C)c1-c1cc(S(=O)(=O)CC2CCCC2)c2ccc(OCC3CC3)nc2c1.OCC1CC1.[H-].[Na+]. The summed E-state index contributed by atoms with van der Waals surface area (Å²) in [6, 6.07) is 14.3. The van der Waals surface area contributed by atoms with Crippen LogP contribution in [0.2, 0.25) is 5.15 Å². The summed E-state index contributed by atoms with van der Waals surface area (Å²) in [5.41, 5.74) is 5.76. The number of fused-ring (bicyclic) bond motifs is 2. The molecule has 0 amide bonds. The van der Waals surface area contributed by atoms with Crippen molar-refractivity contribution in [3.05, 3.63) is 76.6 Å². The number of sulfone groups is 2. The zero-order valence-electron chi connectivity index (χ0n) is 38.5. The fourth-order valence-corrected chi connectivity index (χ4v) is 13.0. The van der Waals surface area contributed by atoms with Gasteiger partial charge >= 0.3 is 29.6 Å². The molecule has 0 saturated heterocycles. The number of benzene rings is 2. The smallest absolute Gasteiger partial charge is 1.00 e. The molecule has 0 unspecified atom stereocenters. The molecule has 4 heterocycles. The maximum atomic E-state index is 13.5. The van der Waals surface area contributed by atoms with Gasteiger partial charge in [-0.2, -0.15) is 0 Å². The standard InChI is InChI=1S/C24H28N2O4S.C20H21ClN2O3S.C4H8O.Na.H/c1-15-24(16(2)30-26-15)19-11-21-20(9-10-23(25-21)29-13-17-7-8-17)22(12-19)31(27,28)14-18-5-3-4-6-18;1-12-20(13(2)26-23-12)15-9-17-16(7-8-19(21)22-17)18(10-15)27(24,25)11-14-5-3-4-6-14;5-3-4-1-2-4;;/h9-12,17-18H,3-8,13-14H2,1-2H3;7-10,14H,3-6,11H2,1-2H3;4-5H,1-3H2;;/q;;;+1;-1. The zero-order chi connectivity index (χ0) is 44.5. The van der Waals surface area contributed by atoms with E-state index >= 15 is 0 Å². The summed E-state index contributed by atoms with van der Waals surface area (Å²) in [5, 5.41) is 17.8. The quantitative estimate of drug-likeness (QED) is 0.0930. The molecule has 4 aromatic heterocycles. The molecule has 64 heavy (non-hydrogen) atoms. The van der Waals surface area contributed by atoms with Gasteiger partial charge in [0.15, 0.2) is 19.7 Å². The monoisotopic (exact) mass is 940 g/mol. The van der Waals surface area contributed by atoms with Gasteiger partial charge in [-0.25, -0.2) is 26.8 Å². The van der Waals surface area contributed by atoms with Gasteiger partial charge in [0.1, 0.15) is 16.7 Å². The van der Waals surface area contributed by atoms with E-state index in [-0.39, 0.29) is 54.3 Å². The van der Waals surface area contributed by atoms with Gasteiger partial charge in [0.25, 0.3) is 0 Å². The third-order valence-corrected chi connectivity index (χ3v) is 16.8. The third kappa shape index (κ3) is 11.6. The number of hydrogen-bond donors (Lipinski definition) is 1. The van der Waals surface area contributed by atoms with E-state index < -0.39 is 19.7 Å². The largest absolute Gasteiger partial charge is 1.00 e. The van der Waals surface area contributed by atoms with Gasteiger partial charge < -0.3 is 20.3 Å². The van der Waals surface area contributed by atoms with Crippen molar-refractivity contribution in [3.8, 4) is 28.1 Å². The maximum absolute atomic E-state index is 13.5. The van der Waals surface area contributed by atoms with Gasteiger partial charge in [0.2, 0.25) is 5.88 Å². The fourth-order valence-electron chi connectivity index (χ4n) is 8.98. The number of hydrogen-bond acceptors (Lipinski definition) is 12. The second-order valence-electron chi connectivity index (χ2n) is 18.0. The van der Waals surface area contributed by atoms with E-state index in [2.05, 4.69) is 20.3 Å². The summed E-state index contributed by atoms with van der Waals surface area (Å²) in [6.07, 6.45) is 13.3. The Hall–Kier alpha value is -3.37. The molecule has 0 spiro atoms. The topological polar surface area (TPSA) is 176 Å². The van der Waals surface area contributed by atoms with Crippen molar-refractivity contribution in [3.63, 3.8) is 0 Å². The van der Waals surface area contributed by atoms with Gasteiger partial charge in [-0.05, 0) is 156 Å². The Morgan fingerprint density at radius 1 is 0.641 bits per heavy atom. The molecule has 0 aliphatic heterocycles. The number of aliphatic hydroxyl groups is 1. The first-order valence-electron chi connectivity index (χ1n) is 22.3. The molecule has 0 radical (unpaired) electrons. The summed E-state index contributed by atoms with van der Waals surface area (Å²) in [4.78, 5) is 9.69. The number of nitrogens with zero attached hydrogens (tertiary/aromatic N) is 4.